The highest BCUT2D eigenvalue weighted by Gasteiger charge is 2.24. The number of nitrogen functional groups attached to an aromatic ring is 1. The maximum Gasteiger partial charge on any atom is 0.251 e. The van der Waals surface area contributed by atoms with Crippen molar-refractivity contribution in [2.75, 3.05) is 5.73 Å². The lowest BCUT2D eigenvalue weighted by Gasteiger charge is -2.11. The number of ketones is 1. The van der Waals surface area contributed by atoms with Gasteiger partial charge in [0, 0.05) is 22.6 Å². The number of aryl methyl sites for hydroxylation is 1. The van der Waals surface area contributed by atoms with E-state index >= 15 is 0 Å². The number of H-pyrrole nitrogens is 1. The lowest BCUT2D eigenvalue weighted by molar-refractivity contribution is 0.0950. The number of aromatic amines is 1. The molecule has 1 aliphatic carbocycles. The molecule has 0 saturated heterocycles. The SMILES string of the molecule is Cc1ccc(C(=O)NC2CC2)cc1-n1ncc(C(=O)c2ccc3cn[nH]c3c2)c1N. The van der Waals surface area contributed by atoms with Crippen molar-refractivity contribution in [1.82, 2.24) is 25.3 Å². The van der Waals surface area contributed by atoms with E-state index in [9.17, 15) is 9.59 Å². The molecule has 1 amide bonds. The summed E-state index contributed by atoms with van der Waals surface area (Å²) in [5.41, 5.74) is 9.98. The molecule has 5 rings (SSSR count). The Kier molecular flexibility index (Phi) is 4.13. The molecule has 8 heteroatoms. The second-order valence-electron chi connectivity index (χ2n) is 7.61. The van der Waals surface area contributed by atoms with Crippen molar-refractivity contribution in [2.24, 2.45) is 0 Å². The van der Waals surface area contributed by atoms with Crippen LogP contribution in [0.5, 0.6) is 0 Å². The molecule has 1 fully saturated rings. The van der Waals surface area contributed by atoms with Gasteiger partial charge in [0.25, 0.3) is 5.91 Å². The van der Waals surface area contributed by atoms with Gasteiger partial charge in [0.15, 0.2) is 5.78 Å². The average Bonchev–Trinajstić information content (AvgIpc) is 3.29. The van der Waals surface area contributed by atoms with E-state index < -0.39 is 0 Å². The van der Waals surface area contributed by atoms with E-state index in [1.807, 2.05) is 19.1 Å². The Morgan fingerprint density at radius 2 is 1.93 bits per heavy atom. The van der Waals surface area contributed by atoms with Crippen LogP contribution >= 0.6 is 0 Å². The van der Waals surface area contributed by atoms with Crippen LogP contribution in [0.15, 0.2) is 48.8 Å². The number of rotatable bonds is 5. The predicted octanol–water partition coefficient (Wildman–Crippen LogP) is 2.76. The Bertz CT molecular complexity index is 1300. The number of carbonyl (C=O) groups excluding carboxylic acids is 2. The summed E-state index contributed by atoms with van der Waals surface area (Å²) in [5.74, 6) is -0.114. The van der Waals surface area contributed by atoms with Crippen molar-refractivity contribution in [3.8, 4) is 5.69 Å². The second-order valence-corrected chi connectivity index (χ2v) is 7.61. The summed E-state index contributed by atoms with van der Waals surface area (Å²) in [4.78, 5) is 25.5. The van der Waals surface area contributed by atoms with Crippen molar-refractivity contribution in [3.63, 3.8) is 0 Å². The molecular weight excluding hydrogens is 380 g/mol. The van der Waals surface area contributed by atoms with Crippen LogP contribution in [0.4, 0.5) is 5.82 Å². The van der Waals surface area contributed by atoms with Gasteiger partial charge in [-0.05, 0) is 43.5 Å². The third-order valence-corrected chi connectivity index (χ3v) is 5.37. The van der Waals surface area contributed by atoms with E-state index in [1.54, 1.807) is 30.5 Å². The van der Waals surface area contributed by atoms with Crippen LogP contribution in [0, 0.1) is 6.92 Å². The number of nitrogens with two attached hydrogens (primary N) is 1. The van der Waals surface area contributed by atoms with Gasteiger partial charge in [-0.25, -0.2) is 4.68 Å². The first kappa shape index (κ1) is 18.1. The van der Waals surface area contributed by atoms with Crippen LogP contribution in [0.1, 0.15) is 44.7 Å². The van der Waals surface area contributed by atoms with Gasteiger partial charge in [-0.3, -0.25) is 14.7 Å². The van der Waals surface area contributed by atoms with E-state index in [0.29, 0.717) is 22.4 Å². The van der Waals surface area contributed by atoms with Gasteiger partial charge in [0.1, 0.15) is 5.82 Å². The Labute approximate surface area is 172 Å². The van der Waals surface area contributed by atoms with Crippen LogP contribution in [-0.2, 0) is 0 Å². The molecule has 30 heavy (non-hydrogen) atoms. The molecule has 0 spiro atoms. The summed E-state index contributed by atoms with van der Waals surface area (Å²) < 4.78 is 1.51. The fourth-order valence-electron chi connectivity index (χ4n) is 3.43. The van der Waals surface area contributed by atoms with Gasteiger partial charge in [-0.2, -0.15) is 10.2 Å². The Morgan fingerprint density at radius 3 is 2.73 bits per heavy atom. The Hall–Kier alpha value is -3.94. The summed E-state index contributed by atoms with van der Waals surface area (Å²) in [5, 5.41) is 15.1. The minimum absolute atomic E-state index is 0.117. The van der Waals surface area contributed by atoms with Gasteiger partial charge in [0.2, 0.25) is 0 Å². The Balaban J connectivity index is 1.49. The largest absolute Gasteiger partial charge is 0.383 e. The van der Waals surface area contributed by atoms with Crippen LogP contribution in [0.3, 0.4) is 0 Å². The second kappa shape index (κ2) is 6.84. The molecule has 1 saturated carbocycles. The third-order valence-electron chi connectivity index (χ3n) is 5.37. The standard InChI is InChI=1S/C22H20N6O2/c1-12-2-3-14(22(30)26-16-6-7-16)9-19(12)28-21(23)17(11-25-28)20(29)13-4-5-15-10-24-27-18(15)8-13/h2-5,8-11,16H,6-7,23H2,1H3,(H,24,27)(H,26,30). The maximum absolute atomic E-state index is 13.0. The number of anilines is 1. The molecule has 4 aromatic rings. The molecule has 4 N–H and O–H groups in total. The van der Waals surface area contributed by atoms with E-state index in [0.717, 1.165) is 29.3 Å². The topological polar surface area (TPSA) is 119 Å². The average molecular weight is 400 g/mol. The van der Waals surface area contributed by atoms with Gasteiger partial charge in [0.05, 0.1) is 29.2 Å². The molecule has 2 aromatic carbocycles. The maximum atomic E-state index is 13.0. The van der Waals surface area contributed by atoms with Gasteiger partial charge >= 0.3 is 0 Å². The number of amides is 1. The minimum Gasteiger partial charge on any atom is -0.383 e. The predicted molar refractivity (Wildman–Crippen MR) is 113 cm³/mol. The highest BCUT2D eigenvalue weighted by molar-refractivity contribution is 6.12. The van der Waals surface area contributed by atoms with Crippen LogP contribution in [0.2, 0.25) is 0 Å². The number of hydrogen-bond donors (Lipinski definition) is 3. The van der Waals surface area contributed by atoms with Gasteiger partial charge < -0.3 is 11.1 Å². The summed E-state index contributed by atoms with van der Waals surface area (Å²) >= 11 is 0. The molecule has 0 bridgehead atoms. The van der Waals surface area contributed by atoms with Crippen molar-refractivity contribution in [2.45, 2.75) is 25.8 Å². The third kappa shape index (κ3) is 3.12. The highest BCUT2D eigenvalue weighted by atomic mass is 16.1. The molecule has 0 unspecified atom stereocenters. The highest BCUT2D eigenvalue weighted by Crippen LogP contribution is 2.25. The van der Waals surface area contributed by atoms with Crippen molar-refractivity contribution in [3.05, 3.63) is 71.0 Å². The molecule has 0 aliphatic heterocycles. The lowest BCUT2D eigenvalue weighted by Crippen LogP contribution is -2.25. The molecule has 2 aromatic heterocycles. The first-order chi connectivity index (χ1) is 14.5. The fraction of sp³-hybridized carbons (Fsp3) is 0.182. The van der Waals surface area contributed by atoms with Gasteiger partial charge in [-0.1, -0.05) is 18.2 Å². The number of nitrogens with zero attached hydrogens (tertiary/aromatic N) is 3. The minimum atomic E-state index is -0.226. The molecule has 1 aliphatic rings. The fourth-order valence-corrected chi connectivity index (χ4v) is 3.43. The summed E-state index contributed by atoms with van der Waals surface area (Å²) in [6, 6.07) is 11.0. The Morgan fingerprint density at radius 1 is 1.13 bits per heavy atom. The van der Waals surface area contributed by atoms with Crippen LogP contribution in [-0.4, -0.2) is 37.7 Å². The zero-order valence-corrected chi connectivity index (χ0v) is 16.3. The van der Waals surface area contributed by atoms with E-state index in [-0.39, 0.29) is 23.6 Å². The molecule has 0 radical (unpaired) electrons. The zero-order chi connectivity index (χ0) is 20.8. The van der Waals surface area contributed by atoms with Crippen LogP contribution in [0.25, 0.3) is 16.6 Å². The smallest absolute Gasteiger partial charge is 0.251 e. The van der Waals surface area contributed by atoms with Crippen molar-refractivity contribution < 1.29 is 9.59 Å². The summed E-state index contributed by atoms with van der Waals surface area (Å²) in [7, 11) is 0. The molecule has 2 heterocycles. The molecule has 150 valence electrons. The monoisotopic (exact) mass is 400 g/mol. The van der Waals surface area contributed by atoms with Crippen molar-refractivity contribution >= 4 is 28.4 Å². The number of hydrogen-bond acceptors (Lipinski definition) is 5. The number of nitrogens with one attached hydrogen (secondary N) is 2. The normalized spacial score (nSPS) is 13.5. The first-order valence-electron chi connectivity index (χ1n) is 9.74. The molecule has 0 atom stereocenters. The zero-order valence-electron chi connectivity index (χ0n) is 16.3. The molecule has 8 nitrogen and oxygen atoms in total. The quantitative estimate of drug-likeness (QED) is 0.445. The van der Waals surface area contributed by atoms with Gasteiger partial charge in [-0.15, -0.1) is 0 Å². The van der Waals surface area contributed by atoms with E-state index in [1.165, 1.54) is 10.9 Å². The molecular formula is C22H20N6O2. The first-order valence-corrected chi connectivity index (χ1v) is 9.74. The lowest BCUT2D eigenvalue weighted by atomic mass is 10.0. The van der Waals surface area contributed by atoms with Crippen LogP contribution < -0.4 is 11.1 Å². The summed E-state index contributed by atoms with van der Waals surface area (Å²) in [6.45, 7) is 1.91. The number of fused-ring (bicyclic) bond motifs is 1. The number of benzene rings is 2. The van der Waals surface area contributed by atoms with E-state index in [2.05, 4.69) is 20.6 Å². The van der Waals surface area contributed by atoms with E-state index in [4.69, 9.17) is 5.73 Å². The summed E-state index contributed by atoms with van der Waals surface area (Å²) in [6.07, 6.45) is 5.20. The number of carbonyl (C=O) groups is 2. The van der Waals surface area contributed by atoms with Crippen molar-refractivity contribution in [1.29, 1.82) is 0 Å². The number of aromatic nitrogens is 4.